The summed E-state index contributed by atoms with van der Waals surface area (Å²) >= 11 is 5.90. The summed E-state index contributed by atoms with van der Waals surface area (Å²) in [5, 5.41) is 6.43. The average molecular weight is 318 g/mol. The van der Waals surface area contributed by atoms with Crippen molar-refractivity contribution in [1.82, 2.24) is 10.3 Å². The molecule has 0 unspecified atom stereocenters. The molecule has 0 spiro atoms. The van der Waals surface area contributed by atoms with Gasteiger partial charge in [0, 0.05) is 29.7 Å². The largest absolute Gasteiger partial charge is 0.371 e. The van der Waals surface area contributed by atoms with Crippen LogP contribution in [-0.2, 0) is 4.74 Å². The molecule has 1 aromatic carbocycles. The number of nitrogens with one attached hydrogen (secondary N) is 2. The second-order valence-electron chi connectivity index (χ2n) is 5.07. The van der Waals surface area contributed by atoms with Crippen molar-refractivity contribution >= 4 is 23.3 Å². The van der Waals surface area contributed by atoms with Gasteiger partial charge < -0.3 is 15.4 Å². The first kappa shape index (κ1) is 14.8. The van der Waals surface area contributed by atoms with Crippen LogP contribution in [0.3, 0.4) is 0 Å². The summed E-state index contributed by atoms with van der Waals surface area (Å²) in [7, 11) is 0. The summed E-state index contributed by atoms with van der Waals surface area (Å²) in [6.45, 7) is 0.619. The number of rotatable bonds is 3. The molecule has 2 heterocycles. The van der Waals surface area contributed by atoms with Crippen LogP contribution in [0, 0.1) is 0 Å². The molecule has 5 nitrogen and oxygen atoms in total. The molecule has 114 valence electrons. The number of anilines is 1. The molecule has 1 saturated heterocycles. The predicted molar refractivity (Wildman–Crippen MR) is 84.9 cm³/mol. The van der Waals surface area contributed by atoms with Crippen LogP contribution in [-0.4, -0.2) is 23.7 Å². The van der Waals surface area contributed by atoms with Crippen LogP contribution in [0.25, 0.3) is 0 Å². The molecule has 2 atom stereocenters. The molecular weight excluding hydrogens is 302 g/mol. The summed E-state index contributed by atoms with van der Waals surface area (Å²) in [6.07, 6.45) is 3.88. The minimum absolute atomic E-state index is 0.0667. The van der Waals surface area contributed by atoms with E-state index in [1.807, 2.05) is 24.3 Å². The molecule has 0 saturated carbocycles. The molecule has 2 amide bonds. The SMILES string of the molecule is O=C(Nc1ccncc1)N[C@H]1CCO[C@@H]1c1ccc(Cl)cc1. The average Bonchev–Trinajstić information content (AvgIpc) is 2.97. The van der Waals surface area contributed by atoms with Gasteiger partial charge >= 0.3 is 6.03 Å². The lowest BCUT2D eigenvalue weighted by Gasteiger charge is -2.20. The number of urea groups is 1. The number of hydrogen-bond acceptors (Lipinski definition) is 3. The number of halogens is 1. The Morgan fingerprint density at radius 3 is 2.64 bits per heavy atom. The first-order valence-corrected chi connectivity index (χ1v) is 7.45. The smallest absolute Gasteiger partial charge is 0.319 e. The van der Waals surface area contributed by atoms with Crippen molar-refractivity contribution in [2.24, 2.45) is 0 Å². The Hall–Kier alpha value is -2.11. The van der Waals surface area contributed by atoms with Crippen LogP contribution in [0.5, 0.6) is 0 Å². The fourth-order valence-electron chi connectivity index (χ4n) is 2.49. The van der Waals surface area contributed by atoms with Crippen molar-refractivity contribution < 1.29 is 9.53 Å². The van der Waals surface area contributed by atoms with Crippen molar-refractivity contribution in [3.8, 4) is 0 Å². The van der Waals surface area contributed by atoms with E-state index in [4.69, 9.17) is 16.3 Å². The number of hydrogen-bond donors (Lipinski definition) is 2. The van der Waals surface area contributed by atoms with Crippen LogP contribution >= 0.6 is 11.6 Å². The van der Waals surface area contributed by atoms with Crippen LogP contribution in [0.15, 0.2) is 48.8 Å². The van der Waals surface area contributed by atoms with Crippen molar-refractivity contribution in [2.45, 2.75) is 18.6 Å². The van der Waals surface area contributed by atoms with Crippen LogP contribution < -0.4 is 10.6 Å². The second-order valence-corrected chi connectivity index (χ2v) is 5.51. The van der Waals surface area contributed by atoms with Gasteiger partial charge in [-0.3, -0.25) is 4.98 Å². The van der Waals surface area contributed by atoms with Gasteiger partial charge in [-0.1, -0.05) is 23.7 Å². The van der Waals surface area contributed by atoms with Gasteiger partial charge in [-0.15, -0.1) is 0 Å². The van der Waals surface area contributed by atoms with Crippen molar-refractivity contribution in [2.75, 3.05) is 11.9 Å². The number of ether oxygens (including phenoxy) is 1. The number of aromatic nitrogens is 1. The third kappa shape index (κ3) is 3.55. The van der Waals surface area contributed by atoms with E-state index in [-0.39, 0.29) is 18.2 Å². The van der Waals surface area contributed by atoms with E-state index < -0.39 is 0 Å². The van der Waals surface area contributed by atoms with Gasteiger partial charge in [0.15, 0.2) is 0 Å². The summed E-state index contributed by atoms with van der Waals surface area (Å²) in [4.78, 5) is 16.0. The minimum atomic E-state index is -0.249. The summed E-state index contributed by atoms with van der Waals surface area (Å²) in [6, 6.07) is 10.7. The fourth-order valence-corrected chi connectivity index (χ4v) is 2.62. The van der Waals surface area contributed by atoms with Gasteiger partial charge in [0.1, 0.15) is 6.10 Å². The van der Waals surface area contributed by atoms with Crippen molar-refractivity contribution in [1.29, 1.82) is 0 Å². The minimum Gasteiger partial charge on any atom is -0.371 e. The topological polar surface area (TPSA) is 63.2 Å². The van der Waals surface area contributed by atoms with Crippen LogP contribution in [0.1, 0.15) is 18.1 Å². The van der Waals surface area contributed by atoms with Gasteiger partial charge in [0.2, 0.25) is 0 Å². The zero-order valence-electron chi connectivity index (χ0n) is 11.8. The van der Waals surface area contributed by atoms with E-state index in [0.717, 1.165) is 12.0 Å². The van der Waals surface area contributed by atoms with Crippen LogP contribution in [0.4, 0.5) is 10.5 Å². The molecule has 1 aliphatic rings. The monoisotopic (exact) mass is 317 g/mol. The number of nitrogens with zero attached hydrogens (tertiary/aromatic N) is 1. The van der Waals surface area contributed by atoms with Crippen LogP contribution in [0.2, 0.25) is 5.02 Å². The number of benzene rings is 1. The fraction of sp³-hybridized carbons (Fsp3) is 0.250. The molecule has 3 rings (SSSR count). The Labute approximate surface area is 133 Å². The second kappa shape index (κ2) is 6.77. The normalized spacial score (nSPS) is 20.6. The molecule has 0 radical (unpaired) electrons. The maximum Gasteiger partial charge on any atom is 0.319 e. The zero-order chi connectivity index (χ0) is 15.4. The highest BCUT2D eigenvalue weighted by molar-refractivity contribution is 6.30. The van der Waals surface area contributed by atoms with E-state index in [0.29, 0.717) is 17.3 Å². The first-order chi connectivity index (χ1) is 10.7. The molecule has 2 N–H and O–H groups in total. The molecule has 6 heteroatoms. The van der Waals surface area contributed by atoms with E-state index >= 15 is 0 Å². The van der Waals surface area contributed by atoms with E-state index in [1.54, 1.807) is 24.5 Å². The van der Waals surface area contributed by atoms with Crippen molar-refractivity contribution in [3.05, 3.63) is 59.4 Å². The molecule has 2 aromatic rings. The highest BCUT2D eigenvalue weighted by Crippen LogP contribution is 2.29. The maximum absolute atomic E-state index is 12.1. The molecular formula is C16H16ClN3O2. The van der Waals surface area contributed by atoms with Gasteiger partial charge in [-0.2, -0.15) is 0 Å². The number of amides is 2. The number of pyridine rings is 1. The Bertz CT molecular complexity index is 634. The van der Waals surface area contributed by atoms with E-state index in [1.165, 1.54) is 0 Å². The standard InChI is InChI=1S/C16H16ClN3O2/c17-12-3-1-11(2-4-12)15-14(7-10-22-15)20-16(21)19-13-5-8-18-9-6-13/h1-6,8-9,14-15H,7,10H2,(H2,18,19,20,21)/t14-,15+/m0/s1. The van der Waals surface area contributed by atoms with Gasteiger partial charge in [0.25, 0.3) is 0 Å². The summed E-state index contributed by atoms with van der Waals surface area (Å²) in [5.74, 6) is 0. The maximum atomic E-state index is 12.1. The Morgan fingerprint density at radius 1 is 1.18 bits per heavy atom. The quantitative estimate of drug-likeness (QED) is 0.912. The zero-order valence-corrected chi connectivity index (χ0v) is 12.6. The molecule has 1 fully saturated rings. The van der Waals surface area contributed by atoms with Gasteiger partial charge in [-0.25, -0.2) is 4.79 Å². The summed E-state index contributed by atoms with van der Waals surface area (Å²) in [5.41, 5.74) is 1.71. The van der Waals surface area contributed by atoms with Gasteiger partial charge in [-0.05, 0) is 36.2 Å². The lowest BCUT2D eigenvalue weighted by Crippen LogP contribution is -2.39. The molecule has 1 aromatic heterocycles. The first-order valence-electron chi connectivity index (χ1n) is 7.07. The Morgan fingerprint density at radius 2 is 1.91 bits per heavy atom. The van der Waals surface area contributed by atoms with Gasteiger partial charge in [0.05, 0.1) is 6.04 Å². The lowest BCUT2D eigenvalue weighted by molar-refractivity contribution is 0.100. The Kier molecular flexibility index (Phi) is 4.56. The Balaban J connectivity index is 1.63. The van der Waals surface area contributed by atoms with E-state index in [9.17, 15) is 4.79 Å². The third-order valence-electron chi connectivity index (χ3n) is 3.54. The molecule has 0 bridgehead atoms. The molecule has 22 heavy (non-hydrogen) atoms. The highest BCUT2D eigenvalue weighted by atomic mass is 35.5. The molecule has 0 aliphatic carbocycles. The number of carbonyl (C=O) groups is 1. The van der Waals surface area contributed by atoms with Crippen molar-refractivity contribution in [3.63, 3.8) is 0 Å². The highest BCUT2D eigenvalue weighted by Gasteiger charge is 2.30. The molecule has 1 aliphatic heterocycles. The third-order valence-corrected chi connectivity index (χ3v) is 3.80. The summed E-state index contributed by atoms with van der Waals surface area (Å²) < 4.78 is 5.75. The lowest BCUT2D eigenvalue weighted by atomic mass is 10.0. The number of carbonyl (C=O) groups excluding carboxylic acids is 1. The van der Waals surface area contributed by atoms with E-state index in [2.05, 4.69) is 15.6 Å². The predicted octanol–water partition coefficient (Wildman–Crippen LogP) is 3.39.